The number of carbonyl (C=O) groups is 1. The van der Waals surface area contributed by atoms with Gasteiger partial charge in [0.25, 0.3) is 0 Å². The molecule has 3 aromatic rings. The number of aromatic nitrogens is 2. The average Bonchev–Trinajstić information content (AvgIpc) is 3.40. The molecule has 10 heteroatoms. The molecule has 0 bridgehead atoms. The number of carbonyl (C=O) groups excluding carboxylic acids is 1. The van der Waals surface area contributed by atoms with Crippen molar-refractivity contribution in [3.63, 3.8) is 0 Å². The second kappa shape index (κ2) is 8.96. The molecule has 5 nitrogen and oxygen atoms in total. The van der Waals surface area contributed by atoms with Crippen LogP contribution in [0.3, 0.4) is 0 Å². The highest BCUT2D eigenvalue weighted by Gasteiger charge is 2.39. The van der Waals surface area contributed by atoms with Crippen LogP contribution in [0.1, 0.15) is 40.6 Å². The lowest BCUT2D eigenvalue weighted by atomic mass is 9.84. The first-order valence-corrected chi connectivity index (χ1v) is 11.4. The van der Waals surface area contributed by atoms with Crippen LogP contribution in [0.15, 0.2) is 49.2 Å². The van der Waals surface area contributed by atoms with Crippen molar-refractivity contribution in [2.24, 2.45) is 0 Å². The van der Waals surface area contributed by atoms with Crippen molar-refractivity contribution in [3.8, 4) is 11.1 Å². The van der Waals surface area contributed by atoms with E-state index in [0.717, 1.165) is 15.1 Å². The summed E-state index contributed by atoms with van der Waals surface area (Å²) in [6.45, 7) is 5.45. The maximum Gasteiger partial charge on any atom is 0.435 e. The summed E-state index contributed by atoms with van der Waals surface area (Å²) in [6.07, 6.45) is -2.14. The van der Waals surface area contributed by atoms with Gasteiger partial charge in [-0.25, -0.2) is 0 Å². The van der Waals surface area contributed by atoms with E-state index in [1.807, 2.05) is 6.07 Å². The maximum absolute atomic E-state index is 13.9. The van der Waals surface area contributed by atoms with Crippen LogP contribution in [-0.4, -0.2) is 38.8 Å². The van der Waals surface area contributed by atoms with Gasteiger partial charge in [0.05, 0.1) is 23.5 Å². The number of benzene rings is 1. The van der Waals surface area contributed by atoms with Crippen LogP contribution in [0.5, 0.6) is 0 Å². The Balaban J connectivity index is 1.89. The van der Waals surface area contributed by atoms with Gasteiger partial charge in [-0.1, -0.05) is 42.4 Å². The molecule has 2 aromatic heterocycles. The number of fused-ring (bicyclic) bond motifs is 1. The zero-order chi connectivity index (χ0) is 23.9. The smallest absolute Gasteiger partial charge is 0.394 e. The molecule has 33 heavy (non-hydrogen) atoms. The molecule has 4 rings (SSSR count). The van der Waals surface area contributed by atoms with Crippen molar-refractivity contribution < 1.29 is 23.1 Å². The number of aliphatic hydroxyl groups excluding tert-OH is 1. The minimum Gasteiger partial charge on any atom is -0.394 e. The number of rotatable bonds is 5. The number of alkyl halides is 3. The molecule has 2 unspecified atom stereocenters. The minimum absolute atomic E-state index is 0.0755. The summed E-state index contributed by atoms with van der Waals surface area (Å²) < 4.78 is 43.5. The van der Waals surface area contributed by atoms with E-state index in [1.54, 1.807) is 36.1 Å². The van der Waals surface area contributed by atoms with E-state index in [9.17, 15) is 23.1 Å². The van der Waals surface area contributed by atoms with Gasteiger partial charge in [0.1, 0.15) is 0 Å². The number of hydrogen-bond donors (Lipinski definition) is 1. The molecule has 1 N–H and O–H groups in total. The molecule has 174 valence electrons. The van der Waals surface area contributed by atoms with Crippen molar-refractivity contribution in [1.82, 2.24) is 14.7 Å². The molecule has 1 aliphatic rings. The highest BCUT2D eigenvalue weighted by atomic mass is 35.5. The van der Waals surface area contributed by atoms with Gasteiger partial charge in [0.15, 0.2) is 5.69 Å². The van der Waals surface area contributed by atoms with Gasteiger partial charge in [-0.05, 0) is 35.8 Å². The second-order valence-electron chi connectivity index (χ2n) is 7.89. The van der Waals surface area contributed by atoms with Crippen LogP contribution in [0.4, 0.5) is 13.2 Å². The third-order valence-electron chi connectivity index (χ3n) is 5.75. The Bertz CT molecular complexity index is 1200. The van der Waals surface area contributed by atoms with Gasteiger partial charge in [-0.2, -0.15) is 18.3 Å². The van der Waals surface area contributed by atoms with Crippen LogP contribution in [-0.2, 0) is 17.5 Å². The summed E-state index contributed by atoms with van der Waals surface area (Å²) in [6, 6.07) is 8.02. The third kappa shape index (κ3) is 4.45. The fourth-order valence-corrected chi connectivity index (χ4v) is 5.46. The average molecular weight is 496 g/mol. The normalized spacial score (nSPS) is 17.0. The molecule has 1 aromatic carbocycles. The van der Waals surface area contributed by atoms with Crippen LogP contribution in [0.25, 0.3) is 11.1 Å². The summed E-state index contributed by atoms with van der Waals surface area (Å²) >= 11 is 7.62. The first kappa shape index (κ1) is 23.5. The lowest BCUT2D eigenvalue weighted by Crippen LogP contribution is -2.37. The summed E-state index contributed by atoms with van der Waals surface area (Å²) in [7, 11) is 0. The first-order chi connectivity index (χ1) is 15.6. The number of aliphatic hydroxyl groups is 1. The Morgan fingerprint density at radius 3 is 2.76 bits per heavy atom. The van der Waals surface area contributed by atoms with Gasteiger partial charge in [-0.3, -0.25) is 9.48 Å². The van der Waals surface area contributed by atoms with Crippen LogP contribution in [0, 0.1) is 0 Å². The van der Waals surface area contributed by atoms with Crippen molar-refractivity contribution in [1.29, 1.82) is 0 Å². The molecule has 0 saturated carbocycles. The summed E-state index contributed by atoms with van der Waals surface area (Å²) in [5, 5.41) is 13.2. The predicted octanol–water partition coefficient (Wildman–Crippen LogP) is 5.50. The largest absolute Gasteiger partial charge is 0.435 e. The van der Waals surface area contributed by atoms with Gasteiger partial charge >= 0.3 is 6.18 Å². The van der Waals surface area contributed by atoms with E-state index in [1.165, 1.54) is 23.6 Å². The molecule has 1 amide bonds. The Morgan fingerprint density at radius 1 is 1.36 bits per heavy atom. The van der Waals surface area contributed by atoms with Crippen molar-refractivity contribution in [2.45, 2.75) is 31.6 Å². The van der Waals surface area contributed by atoms with E-state index in [4.69, 9.17) is 11.6 Å². The lowest BCUT2D eigenvalue weighted by Gasteiger charge is -2.33. The maximum atomic E-state index is 13.9. The van der Waals surface area contributed by atoms with Crippen molar-refractivity contribution in [3.05, 3.63) is 75.2 Å². The SMILES string of the molecule is C=CC(=O)N1Cc2sc(Cl)cc2C(c2ccccc2-c2cn(C(C)CO)nc2C(F)(F)F)C1. The third-order valence-corrected chi connectivity index (χ3v) is 7.02. The van der Waals surface area contributed by atoms with E-state index < -0.39 is 17.9 Å². The molecule has 0 radical (unpaired) electrons. The Morgan fingerprint density at radius 2 is 2.09 bits per heavy atom. The quantitative estimate of drug-likeness (QED) is 0.476. The minimum atomic E-state index is -4.68. The topological polar surface area (TPSA) is 58.4 Å². The zero-order valence-electron chi connectivity index (χ0n) is 17.6. The number of halogens is 4. The van der Waals surface area contributed by atoms with E-state index in [-0.39, 0.29) is 30.5 Å². The van der Waals surface area contributed by atoms with Crippen LogP contribution >= 0.6 is 22.9 Å². The monoisotopic (exact) mass is 495 g/mol. The van der Waals surface area contributed by atoms with Gasteiger partial charge in [0.2, 0.25) is 5.91 Å². The second-order valence-corrected chi connectivity index (χ2v) is 9.66. The molecule has 0 saturated heterocycles. The van der Waals surface area contributed by atoms with Gasteiger partial charge in [-0.15, -0.1) is 11.3 Å². The summed E-state index contributed by atoms with van der Waals surface area (Å²) in [5.74, 6) is -0.634. The Kier molecular flexibility index (Phi) is 6.39. The first-order valence-electron chi connectivity index (χ1n) is 10.2. The highest BCUT2D eigenvalue weighted by molar-refractivity contribution is 7.16. The molecular weight excluding hydrogens is 475 g/mol. The van der Waals surface area contributed by atoms with E-state index >= 15 is 0 Å². The number of thiophene rings is 1. The highest BCUT2D eigenvalue weighted by Crippen LogP contribution is 2.45. The summed E-state index contributed by atoms with van der Waals surface area (Å²) in [4.78, 5) is 14.9. The van der Waals surface area contributed by atoms with Crippen LogP contribution < -0.4 is 0 Å². The molecule has 1 aliphatic heterocycles. The number of nitrogens with zero attached hydrogens (tertiary/aromatic N) is 3. The Labute approximate surface area is 197 Å². The van der Waals surface area contributed by atoms with Gasteiger partial charge < -0.3 is 10.0 Å². The van der Waals surface area contributed by atoms with Gasteiger partial charge in [0, 0.05) is 29.1 Å². The Hall–Kier alpha value is -2.62. The van der Waals surface area contributed by atoms with E-state index in [2.05, 4.69) is 11.7 Å². The fourth-order valence-electron chi connectivity index (χ4n) is 4.10. The van der Waals surface area contributed by atoms with E-state index in [0.29, 0.717) is 22.0 Å². The zero-order valence-corrected chi connectivity index (χ0v) is 19.2. The molecule has 0 aliphatic carbocycles. The summed E-state index contributed by atoms with van der Waals surface area (Å²) in [5.41, 5.74) is 0.807. The molecule has 3 heterocycles. The number of hydrogen-bond acceptors (Lipinski definition) is 4. The van der Waals surface area contributed by atoms with Crippen LogP contribution in [0.2, 0.25) is 4.34 Å². The molecule has 0 fully saturated rings. The fraction of sp³-hybridized carbons (Fsp3) is 0.304. The van der Waals surface area contributed by atoms with Crippen molar-refractivity contribution in [2.75, 3.05) is 13.2 Å². The molecule has 0 spiro atoms. The standard InChI is InChI=1S/C23H21ClF3N3O2S/c1-3-21(32)29-9-17(16-8-20(24)33-19(16)11-29)14-6-4-5-7-15(14)18-10-30(13(2)12-31)28-22(18)23(25,26)27/h3-8,10,13,17,31H,1,9,11-12H2,2H3. The van der Waals surface area contributed by atoms with Crippen molar-refractivity contribution >= 4 is 28.8 Å². The molecular formula is C23H21ClF3N3O2S. The number of amides is 1. The molecule has 2 atom stereocenters. The lowest BCUT2D eigenvalue weighted by molar-refractivity contribution is -0.141. The predicted molar refractivity (Wildman–Crippen MR) is 121 cm³/mol.